The van der Waals surface area contributed by atoms with Gasteiger partial charge in [0.05, 0.1) is 11.4 Å². The highest BCUT2D eigenvalue weighted by Crippen LogP contribution is 2.30. The summed E-state index contributed by atoms with van der Waals surface area (Å²) in [5, 5.41) is 1.30. The minimum Gasteiger partial charge on any atom is -0.249 e. The van der Waals surface area contributed by atoms with Gasteiger partial charge in [0.25, 0.3) is 0 Å². The van der Waals surface area contributed by atoms with E-state index in [0.717, 1.165) is 10.9 Å². The standard InChI is InChI=1S/C17H13F2N/c1-2-15-16(19)13-5-3-4-6-14(13)17(20-15)11-7-9-12(18)10-8-11/h3-10H,2H2,1H3. The van der Waals surface area contributed by atoms with Crippen LogP contribution in [0, 0.1) is 11.6 Å². The van der Waals surface area contributed by atoms with Crippen molar-refractivity contribution in [2.24, 2.45) is 0 Å². The van der Waals surface area contributed by atoms with E-state index in [1.807, 2.05) is 19.1 Å². The van der Waals surface area contributed by atoms with Crippen molar-refractivity contribution in [3.8, 4) is 11.3 Å². The molecule has 3 heteroatoms. The van der Waals surface area contributed by atoms with E-state index >= 15 is 0 Å². The van der Waals surface area contributed by atoms with Crippen LogP contribution in [0.4, 0.5) is 8.78 Å². The van der Waals surface area contributed by atoms with Gasteiger partial charge in [0.2, 0.25) is 0 Å². The zero-order valence-corrected chi connectivity index (χ0v) is 11.0. The summed E-state index contributed by atoms with van der Waals surface area (Å²) in [6, 6.07) is 13.4. The third-order valence-corrected chi connectivity index (χ3v) is 3.37. The number of hydrogen-bond donors (Lipinski definition) is 0. The number of aryl methyl sites for hydroxylation is 1. The molecule has 0 saturated carbocycles. The van der Waals surface area contributed by atoms with Crippen molar-refractivity contribution in [3.05, 3.63) is 65.9 Å². The zero-order chi connectivity index (χ0) is 14.1. The van der Waals surface area contributed by atoms with Crippen LogP contribution in [-0.2, 0) is 6.42 Å². The molecule has 0 aliphatic carbocycles. The van der Waals surface area contributed by atoms with Crippen molar-refractivity contribution in [1.82, 2.24) is 4.98 Å². The first-order valence-electron chi connectivity index (χ1n) is 6.53. The second-order valence-electron chi connectivity index (χ2n) is 4.63. The lowest BCUT2D eigenvalue weighted by atomic mass is 10.0. The van der Waals surface area contributed by atoms with Gasteiger partial charge >= 0.3 is 0 Å². The second-order valence-corrected chi connectivity index (χ2v) is 4.63. The van der Waals surface area contributed by atoms with E-state index in [2.05, 4.69) is 4.98 Å². The van der Waals surface area contributed by atoms with Gasteiger partial charge in [-0.2, -0.15) is 0 Å². The Kier molecular flexibility index (Phi) is 3.18. The molecule has 0 spiro atoms. The van der Waals surface area contributed by atoms with E-state index in [-0.39, 0.29) is 11.6 Å². The molecule has 0 atom stereocenters. The lowest BCUT2D eigenvalue weighted by Crippen LogP contribution is -1.98. The molecule has 0 bridgehead atoms. The van der Waals surface area contributed by atoms with Gasteiger partial charge in [-0.15, -0.1) is 0 Å². The van der Waals surface area contributed by atoms with E-state index in [0.29, 0.717) is 23.2 Å². The van der Waals surface area contributed by atoms with Crippen molar-refractivity contribution in [3.63, 3.8) is 0 Å². The van der Waals surface area contributed by atoms with Crippen LogP contribution in [0.1, 0.15) is 12.6 Å². The minimum atomic E-state index is -0.295. The quantitative estimate of drug-likeness (QED) is 0.654. The van der Waals surface area contributed by atoms with Crippen molar-refractivity contribution in [2.75, 3.05) is 0 Å². The number of benzene rings is 2. The number of fused-ring (bicyclic) bond motifs is 1. The topological polar surface area (TPSA) is 12.9 Å². The monoisotopic (exact) mass is 269 g/mol. The summed E-state index contributed by atoms with van der Waals surface area (Å²) in [5.41, 5.74) is 1.92. The predicted octanol–water partition coefficient (Wildman–Crippen LogP) is 4.74. The summed E-state index contributed by atoms with van der Waals surface area (Å²) in [6.45, 7) is 1.87. The maximum absolute atomic E-state index is 14.3. The van der Waals surface area contributed by atoms with Crippen LogP contribution in [0.15, 0.2) is 48.5 Å². The molecule has 0 amide bonds. The Morgan fingerprint density at radius 1 is 0.900 bits per heavy atom. The fourth-order valence-corrected chi connectivity index (χ4v) is 2.34. The van der Waals surface area contributed by atoms with Crippen LogP contribution in [0.2, 0.25) is 0 Å². The molecule has 0 N–H and O–H groups in total. The largest absolute Gasteiger partial charge is 0.249 e. The van der Waals surface area contributed by atoms with E-state index in [9.17, 15) is 8.78 Å². The molecule has 0 saturated heterocycles. The number of pyridine rings is 1. The van der Waals surface area contributed by atoms with Crippen LogP contribution in [-0.4, -0.2) is 4.98 Å². The Hall–Kier alpha value is -2.29. The van der Waals surface area contributed by atoms with Crippen LogP contribution in [0.5, 0.6) is 0 Å². The Morgan fingerprint density at radius 2 is 1.55 bits per heavy atom. The summed E-state index contributed by atoms with van der Waals surface area (Å²) in [7, 11) is 0. The molecule has 0 aliphatic heterocycles. The zero-order valence-electron chi connectivity index (χ0n) is 11.0. The normalized spacial score (nSPS) is 10.9. The van der Waals surface area contributed by atoms with Crippen molar-refractivity contribution < 1.29 is 8.78 Å². The molecule has 100 valence electrons. The third-order valence-electron chi connectivity index (χ3n) is 3.37. The summed E-state index contributed by atoms with van der Waals surface area (Å²) in [4.78, 5) is 4.42. The minimum absolute atomic E-state index is 0.269. The van der Waals surface area contributed by atoms with Gasteiger partial charge in [-0.25, -0.2) is 13.8 Å². The summed E-state index contributed by atoms with van der Waals surface area (Å²) in [5.74, 6) is -0.565. The lowest BCUT2D eigenvalue weighted by Gasteiger charge is -2.10. The highest BCUT2D eigenvalue weighted by atomic mass is 19.1. The van der Waals surface area contributed by atoms with Crippen molar-refractivity contribution >= 4 is 10.8 Å². The van der Waals surface area contributed by atoms with Gasteiger partial charge in [0.1, 0.15) is 5.82 Å². The van der Waals surface area contributed by atoms with E-state index in [4.69, 9.17) is 0 Å². The predicted molar refractivity (Wildman–Crippen MR) is 76.5 cm³/mol. The maximum Gasteiger partial charge on any atom is 0.152 e. The van der Waals surface area contributed by atoms with E-state index in [1.165, 1.54) is 12.1 Å². The third kappa shape index (κ3) is 2.05. The summed E-state index contributed by atoms with van der Waals surface area (Å²) >= 11 is 0. The molecule has 0 fully saturated rings. The lowest BCUT2D eigenvalue weighted by molar-refractivity contribution is 0.615. The molecule has 3 rings (SSSR count). The number of aromatic nitrogens is 1. The first kappa shape index (κ1) is 12.7. The molecular formula is C17H13F2N. The molecule has 0 radical (unpaired) electrons. The van der Waals surface area contributed by atoms with Gasteiger partial charge in [-0.05, 0) is 30.7 Å². The molecule has 20 heavy (non-hydrogen) atoms. The average molecular weight is 269 g/mol. The van der Waals surface area contributed by atoms with Crippen LogP contribution < -0.4 is 0 Å². The van der Waals surface area contributed by atoms with Crippen LogP contribution in [0.25, 0.3) is 22.0 Å². The maximum atomic E-state index is 14.3. The van der Waals surface area contributed by atoms with Crippen molar-refractivity contribution in [2.45, 2.75) is 13.3 Å². The smallest absolute Gasteiger partial charge is 0.152 e. The fraction of sp³-hybridized carbons (Fsp3) is 0.118. The molecule has 3 aromatic rings. The number of halogens is 2. The highest BCUT2D eigenvalue weighted by molar-refractivity contribution is 5.95. The molecule has 1 nitrogen and oxygen atoms in total. The Balaban J connectivity index is 2.34. The number of nitrogens with zero attached hydrogens (tertiary/aromatic N) is 1. The van der Waals surface area contributed by atoms with Crippen LogP contribution in [0.3, 0.4) is 0 Å². The van der Waals surface area contributed by atoms with E-state index < -0.39 is 0 Å². The average Bonchev–Trinajstić information content (AvgIpc) is 2.49. The molecule has 1 heterocycles. The van der Waals surface area contributed by atoms with Gasteiger partial charge in [-0.3, -0.25) is 0 Å². The Labute approximate surface area is 115 Å². The van der Waals surface area contributed by atoms with Gasteiger partial charge in [0, 0.05) is 16.3 Å². The van der Waals surface area contributed by atoms with Crippen LogP contribution >= 0.6 is 0 Å². The highest BCUT2D eigenvalue weighted by Gasteiger charge is 2.13. The second kappa shape index (κ2) is 5.00. The summed E-state index contributed by atoms with van der Waals surface area (Å²) < 4.78 is 27.4. The first-order valence-corrected chi connectivity index (χ1v) is 6.53. The molecule has 0 aliphatic rings. The molecule has 0 unspecified atom stereocenters. The van der Waals surface area contributed by atoms with Gasteiger partial charge < -0.3 is 0 Å². The first-order chi connectivity index (χ1) is 9.70. The molecule has 1 aromatic heterocycles. The van der Waals surface area contributed by atoms with Crippen molar-refractivity contribution in [1.29, 1.82) is 0 Å². The molecule has 2 aromatic carbocycles. The Bertz CT molecular complexity index is 764. The number of hydrogen-bond acceptors (Lipinski definition) is 1. The van der Waals surface area contributed by atoms with Gasteiger partial charge in [-0.1, -0.05) is 31.2 Å². The Morgan fingerprint density at radius 3 is 2.20 bits per heavy atom. The SMILES string of the molecule is CCc1nc(-c2ccc(F)cc2)c2ccccc2c1F. The summed E-state index contributed by atoms with van der Waals surface area (Å²) in [6.07, 6.45) is 0.519. The van der Waals surface area contributed by atoms with E-state index in [1.54, 1.807) is 24.3 Å². The number of rotatable bonds is 2. The van der Waals surface area contributed by atoms with Gasteiger partial charge in [0.15, 0.2) is 5.82 Å². The fourth-order valence-electron chi connectivity index (χ4n) is 2.34. The molecular weight excluding hydrogens is 256 g/mol.